The molecule has 1 unspecified atom stereocenters. The molecule has 10 heteroatoms. The van der Waals surface area contributed by atoms with Gasteiger partial charge in [0.05, 0.1) is 15.8 Å². The maximum Gasteiger partial charge on any atom is 0.339 e. The van der Waals surface area contributed by atoms with E-state index in [1.54, 1.807) is 37.3 Å². The summed E-state index contributed by atoms with van der Waals surface area (Å²) in [7, 11) is 0. The van der Waals surface area contributed by atoms with Gasteiger partial charge >= 0.3 is 5.97 Å². The first-order valence-electron chi connectivity index (χ1n) is 9.54. The molecule has 0 bridgehead atoms. The average molecular weight is 505 g/mol. The third kappa shape index (κ3) is 6.41. The molecule has 0 aliphatic carbocycles. The summed E-state index contributed by atoms with van der Waals surface area (Å²) in [4.78, 5) is 37.0. The average Bonchev–Trinajstić information content (AvgIpc) is 2.75. The summed E-state index contributed by atoms with van der Waals surface area (Å²) in [5.41, 5.74) is 0.746. The predicted molar refractivity (Wildman–Crippen MR) is 130 cm³/mol. The second-order valence-electron chi connectivity index (χ2n) is 6.89. The van der Waals surface area contributed by atoms with Crippen LogP contribution in [0.25, 0.3) is 0 Å². The molecule has 0 fully saturated rings. The molecule has 0 saturated heterocycles. The van der Waals surface area contributed by atoms with Crippen molar-refractivity contribution in [1.29, 1.82) is 0 Å². The van der Waals surface area contributed by atoms with E-state index in [0.717, 1.165) is 4.90 Å². The van der Waals surface area contributed by atoms with Crippen molar-refractivity contribution in [2.75, 3.05) is 10.6 Å². The second-order valence-corrected chi connectivity index (χ2v) is 9.15. The maximum atomic E-state index is 12.6. The number of halogens is 2. The quantitative estimate of drug-likeness (QED) is 0.239. The summed E-state index contributed by atoms with van der Waals surface area (Å²) in [5.74, 6) is -2.44. The molecule has 3 aromatic rings. The van der Waals surface area contributed by atoms with Crippen molar-refractivity contribution in [3.05, 3.63) is 81.8 Å². The van der Waals surface area contributed by atoms with E-state index < -0.39 is 17.1 Å². The molecule has 7 nitrogen and oxygen atoms in total. The van der Waals surface area contributed by atoms with Crippen molar-refractivity contribution in [3.63, 3.8) is 0 Å². The molecule has 0 aromatic heterocycles. The lowest BCUT2D eigenvalue weighted by molar-refractivity contribution is -0.115. The number of nitrogens with one attached hydrogen (secondary N) is 2. The van der Waals surface area contributed by atoms with Crippen molar-refractivity contribution in [3.8, 4) is 5.75 Å². The summed E-state index contributed by atoms with van der Waals surface area (Å²) >= 11 is 13.2. The van der Waals surface area contributed by atoms with Gasteiger partial charge in [0.2, 0.25) is 5.91 Å². The van der Waals surface area contributed by atoms with Crippen LogP contribution in [0.4, 0.5) is 11.4 Å². The summed E-state index contributed by atoms with van der Waals surface area (Å²) < 4.78 is 0. The largest absolute Gasteiger partial charge is 0.507 e. The van der Waals surface area contributed by atoms with E-state index >= 15 is 0 Å². The van der Waals surface area contributed by atoms with Gasteiger partial charge in [-0.1, -0.05) is 29.3 Å². The van der Waals surface area contributed by atoms with Gasteiger partial charge in [-0.15, -0.1) is 11.8 Å². The first kappa shape index (κ1) is 24.4. The number of benzene rings is 3. The fourth-order valence-corrected chi connectivity index (χ4v) is 4.23. The van der Waals surface area contributed by atoms with Crippen molar-refractivity contribution >= 4 is 64.1 Å². The van der Waals surface area contributed by atoms with Gasteiger partial charge in [-0.3, -0.25) is 9.59 Å². The predicted octanol–water partition coefficient (Wildman–Crippen LogP) is 5.77. The molecule has 2 amide bonds. The Morgan fingerprint density at radius 3 is 2.33 bits per heavy atom. The smallest absolute Gasteiger partial charge is 0.339 e. The van der Waals surface area contributed by atoms with Crippen LogP contribution in [0.2, 0.25) is 10.0 Å². The Kier molecular flexibility index (Phi) is 7.86. The van der Waals surface area contributed by atoms with Crippen LogP contribution >= 0.6 is 35.0 Å². The first-order chi connectivity index (χ1) is 15.6. The molecule has 3 aromatic carbocycles. The van der Waals surface area contributed by atoms with Gasteiger partial charge in [-0.05, 0) is 61.5 Å². The number of aromatic hydroxyl groups is 1. The van der Waals surface area contributed by atoms with Gasteiger partial charge in [0, 0.05) is 21.3 Å². The number of phenols is 1. The SMILES string of the molecule is CC(Sc1cccc(NC(=O)c2ccc(Cl)cc2Cl)c1)C(=O)Nc1ccc(O)c(C(=O)O)c1. The minimum atomic E-state index is -1.30. The summed E-state index contributed by atoms with van der Waals surface area (Å²) in [6.45, 7) is 1.69. The lowest BCUT2D eigenvalue weighted by Gasteiger charge is -2.14. The van der Waals surface area contributed by atoms with E-state index in [0.29, 0.717) is 10.7 Å². The number of anilines is 2. The molecule has 170 valence electrons. The van der Waals surface area contributed by atoms with Crippen LogP contribution in [0.1, 0.15) is 27.6 Å². The molecule has 0 heterocycles. The van der Waals surface area contributed by atoms with Gasteiger partial charge in [-0.2, -0.15) is 0 Å². The molecule has 3 rings (SSSR count). The number of carbonyl (C=O) groups is 3. The van der Waals surface area contributed by atoms with Gasteiger partial charge in [0.15, 0.2) is 0 Å². The zero-order valence-corrected chi connectivity index (χ0v) is 19.5. The molecule has 0 radical (unpaired) electrons. The molecule has 0 spiro atoms. The number of hydrogen-bond donors (Lipinski definition) is 4. The maximum absolute atomic E-state index is 12.6. The normalized spacial score (nSPS) is 11.5. The van der Waals surface area contributed by atoms with E-state index in [-0.39, 0.29) is 33.5 Å². The highest BCUT2D eigenvalue weighted by Crippen LogP contribution is 2.28. The Bertz CT molecular complexity index is 1240. The monoisotopic (exact) mass is 504 g/mol. The molecule has 33 heavy (non-hydrogen) atoms. The van der Waals surface area contributed by atoms with E-state index in [1.165, 1.54) is 42.1 Å². The summed E-state index contributed by atoms with van der Waals surface area (Å²) in [6, 6.07) is 15.4. The highest BCUT2D eigenvalue weighted by Gasteiger charge is 2.17. The van der Waals surface area contributed by atoms with Gasteiger partial charge in [-0.25, -0.2) is 4.79 Å². The van der Waals surface area contributed by atoms with Crippen molar-refractivity contribution in [1.82, 2.24) is 0 Å². The van der Waals surface area contributed by atoms with Crippen molar-refractivity contribution in [2.24, 2.45) is 0 Å². The van der Waals surface area contributed by atoms with Crippen LogP contribution in [0.5, 0.6) is 5.75 Å². The number of rotatable bonds is 7. The Balaban J connectivity index is 1.65. The molecular weight excluding hydrogens is 487 g/mol. The topological polar surface area (TPSA) is 116 Å². The number of aromatic carboxylic acids is 1. The zero-order chi connectivity index (χ0) is 24.1. The van der Waals surface area contributed by atoms with Crippen molar-refractivity contribution < 1.29 is 24.6 Å². The standard InChI is InChI=1S/C23H18Cl2N2O5S/c1-12(21(29)26-15-6-8-20(28)18(11-15)23(31)32)33-16-4-2-3-14(10-16)27-22(30)17-7-5-13(24)9-19(17)25/h2-12,28H,1H3,(H,26,29)(H,27,30)(H,31,32). The number of thioether (sulfide) groups is 1. The van der Waals surface area contributed by atoms with Crippen LogP contribution in [0.15, 0.2) is 65.6 Å². The second kappa shape index (κ2) is 10.6. The number of hydrogen-bond acceptors (Lipinski definition) is 5. The number of carboxylic acids is 1. The molecule has 4 N–H and O–H groups in total. The highest BCUT2D eigenvalue weighted by atomic mass is 35.5. The minimum Gasteiger partial charge on any atom is -0.507 e. The number of carboxylic acid groups (broad SMARTS) is 1. The number of carbonyl (C=O) groups excluding carboxylic acids is 2. The molecular formula is C23H18Cl2N2O5S. The lowest BCUT2D eigenvalue weighted by Crippen LogP contribution is -2.22. The Hall–Kier alpha value is -3.20. The van der Waals surface area contributed by atoms with Crippen LogP contribution < -0.4 is 10.6 Å². The lowest BCUT2D eigenvalue weighted by atomic mass is 10.2. The van der Waals surface area contributed by atoms with Crippen LogP contribution in [0.3, 0.4) is 0 Å². The molecule has 0 saturated carbocycles. The zero-order valence-electron chi connectivity index (χ0n) is 17.1. The Labute approximate surface area is 203 Å². The highest BCUT2D eigenvalue weighted by molar-refractivity contribution is 8.00. The number of amides is 2. The summed E-state index contributed by atoms with van der Waals surface area (Å²) in [5, 5.41) is 24.2. The molecule has 1 atom stereocenters. The van der Waals surface area contributed by atoms with E-state index in [1.807, 2.05) is 0 Å². The Morgan fingerprint density at radius 2 is 1.64 bits per heavy atom. The fourth-order valence-electron chi connectivity index (χ4n) is 2.81. The van der Waals surface area contributed by atoms with Crippen LogP contribution in [-0.4, -0.2) is 33.2 Å². The Morgan fingerprint density at radius 1 is 0.909 bits per heavy atom. The van der Waals surface area contributed by atoms with Crippen LogP contribution in [-0.2, 0) is 4.79 Å². The first-order valence-corrected chi connectivity index (χ1v) is 11.2. The minimum absolute atomic E-state index is 0.233. The molecule has 0 aliphatic rings. The van der Waals surface area contributed by atoms with Gasteiger partial charge in [0.1, 0.15) is 11.3 Å². The third-order valence-electron chi connectivity index (χ3n) is 4.44. The summed E-state index contributed by atoms with van der Waals surface area (Å²) in [6.07, 6.45) is 0. The molecule has 0 aliphatic heterocycles. The van der Waals surface area contributed by atoms with E-state index in [2.05, 4.69) is 10.6 Å². The van der Waals surface area contributed by atoms with Crippen LogP contribution in [0, 0.1) is 0 Å². The van der Waals surface area contributed by atoms with E-state index in [9.17, 15) is 19.5 Å². The third-order valence-corrected chi connectivity index (χ3v) is 6.09. The van der Waals surface area contributed by atoms with Gasteiger partial charge < -0.3 is 20.8 Å². The van der Waals surface area contributed by atoms with E-state index in [4.69, 9.17) is 28.3 Å². The van der Waals surface area contributed by atoms with Gasteiger partial charge in [0.25, 0.3) is 5.91 Å². The van der Waals surface area contributed by atoms with Crippen molar-refractivity contribution in [2.45, 2.75) is 17.1 Å². The fraction of sp³-hybridized carbons (Fsp3) is 0.0870.